The van der Waals surface area contributed by atoms with Crippen molar-refractivity contribution in [2.75, 3.05) is 6.79 Å². The van der Waals surface area contributed by atoms with E-state index in [4.69, 9.17) is 0 Å². The van der Waals surface area contributed by atoms with Crippen LogP contribution in [-0.2, 0) is 23.4 Å². The van der Waals surface area contributed by atoms with Crippen LogP contribution >= 0.6 is 8.69 Å². The normalized spacial score (nSPS) is 12.6. The van der Waals surface area contributed by atoms with Gasteiger partial charge < -0.3 is 4.74 Å². The smallest absolute Gasteiger partial charge is 0.404 e. The highest BCUT2D eigenvalue weighted by Gasteiger charge is 2.36. The van der Waals surface area contributed by atoms with Gasteiger partial charge in [-0.1, -0.05) is 6.07 Å². The zero-order valence-corrected chi connectivity index (χ0v) is 11.1. The van der Waals surface area contributed by atoms with Crippen LogP contribution in [0, 0.1) is 5.82 Å². The number of halogens is 4. The first kappa shape index (κ1) is 16.8. The summed E-state index contributed by atoms with van der Waals surface area (Å²) in [5.74, 6) is -2.79. The third-order valence-corrected chi connectivity index (χ3v) is 3.27. The third kappa shape index (κ3) is 4.67. The van der Waals surface area contributed by atoms with Crippen LogP contribution in [0.3, 0.4) is 0 Å². The Morgan fingerprint density at radius 3 is 2.45 bits per heavy atom. The molecule has 6 nitrogen and oxygen atoms in total. The first-order valence-corrected chi connectivity index (χ1v) is 6.82. The van der Waals surface area contributed by atoms with Crippen LogP contribution in [0.2, 0.25) is 0 Å². The summed E-state index contributed by atoms with van der Waals surface area (Å²) in [4.78, 5) is -1.44. The van der Waals surface area contributed by atoms with Crippen LogP contribution < -0.4 is 4.74 Å². The summed E-state index contributed by atoms with van der Waals surface area (Å²) in [6.07, 6.45) is -5.22. The van der Waals surface area contributed by atoms with Crippen molar-refractivity contribution in [3.05, 3.63) is 24.0 Å². The molecule has 12 heteroatoms. The minimum Gasteiger partial charge on any atom is -0.404 e. The molecule has 1 aromatic rings. The Hall–Kier alpha value is -1.29. The van der Waals surface area contributed by atoms with Gasteiger partial charge in [-0.25, -0.2) is 8.57 Å². The maximum Gasteiger partial charge on any atom is 0.573 e. The van der Waals surface area contributed by atoms with Gasteiger partial charge in [0, 0.05) is 0 Å². The van der Waals surface area contributed by atoms with Crippen molar-refractivity contribution in [1.82, 2.24) is 0 Å². The van der Waals surface area contributed by atoms with Gasteiger partial charge in [0.05, 0.1) is 0 Å². The first-order valence-electron chi connectivity index (χ1n) is 4.60. The fraction of sp³-hybridized carbons (Fsp3) is 0.250. The second kappa shape index (κ2) is 6.44. The van der Waals surface area contributed by atoms with E-state index in [-0.39, 0.29) is 0 Å². The standard InChI is InChI=1S/C8H6F4O6PS/c9-5-2-1-3-6(18-8(10,11)12)7(5)20(14,15)17-4-16-19-13/h1-3,19H,4H2/q+1. The maximum atomic E-state index is 13.4. The molecular weight excluding hydrogens is 331 g/mol. The highest BCUT2D eigenvalue weighted by molar-refractivity contribution is 7.86. The van der Waals surface area contributed by atoms with E-state index in [0.717, 1.165) is 6.07 Å². The molecule has 0 radical (unpaired) electrons. The molecule has 1 unspecified atom stereocenters. The Balaban J connectivity index is 3.18. The molecule has 0 heterocycles. The summed E-state index contributed by atoms with van der Waals surface area (Å²) in [6.45, 7) is -1.05. The van der Waals surface area contributed by atoms with Gasteiger partial charge in [-0.3, -0.25) is 0 Å². The van der Waals surface area contributed by atoms with Crippen molar-refractivity contribution in [2.45, 2.75) is 11.3 Å². The number of hydrogen-bond donors (Lipinski definition) is 0. The van der Waals surface area contributed by atoms with E-state index in [0.29, 0.717) is 12.1 Å². The summed E-state index contributed by atoms with van der Waals surface area (Å²) in [5.41, 5.74) is 0. The highest BCUT2D eigenvalue weighted by Crippen LogP contribution is 2.32. The molecule has 0 aliphatic rings. The zero-order chi connectivity index (χ0) is 15.4. The molecule has 0 spiro atoms. The van der Waals surface area contributed by atoms with Gasteiger partial charge in [0.2, 0.25) is 6.79 Å². The molecular formula is C8H6F4O6PS+. The van der Waals surface area contributed by atoms with E-state index < -0.39 is 48.4 Å². The van der Waals surface area contributed by atoms with Gasteiger partial charge >= 0.3 is 25.2 Å². The van der Waals surface area contributed by atoms with Crippen LogP contribution in [-0.4, -0.2) is 21.6 Å². The molecule has 0 fully saturated rings. The molecule has 1 aromatic carbocycles. The van der Waals surface area contributed by atoms with Crippen molar-refractivity contribution >= 4 is 18.8 Å². The Labute approximate surface area is 111 Å². The van der Waals surface area contributed by atoms with E-state index in [9.17, 15) is 30.5 Å². The Morgan fingerprint density at radius 2 is 1.90 bits per heavy atom. The largest absolute Gasteiger partial charge is 0.573 e. The van der Waals surface area contributed by atoms with Gasteiger partial charge in [0.15, 0.2) is 10.6 Å². The van der Waals surface area contributed by atoms with Gasteiger partial charge in [-0.2, -0.15) is 8.42 Å². The summed E-state index contributed by atoms with van der Waals surface area (Å²) in [5, 5.41) is 0. The fourth-order valence-electron chi connectivity index (χ4n) is 1.11. The number of ether oxygens (including phenoxy) is 1. The van der Waals surface area contributed by atoms with E-state index in [1.807, 2.05) is 0 Å². The molecule has 0 aliphatic carbocycles. The fourth-order valence-corrected chi connectivity index (χ4v) is 2.26. The number of alkyl halides is 3. The second-order valence-corrected chi connectivity index (χ2v) is 5.04. The van der Waals surface area contributed by atoms with E-state index >= 15 is 0 Å². The predicted octanol–water partition coefficient (Wildman–Crippen LogP) is 2.34. The lowest BCUT2D eigenvalue weighted by molar-refractivity contribution is -0.275. The topological polar surface area (TPSA) is 78.9 Å². The van der Waals surface area contributed by atoms with Gasteiger partial charge in [0.25, 0.3) is 0 Å². The second-order valence-electron chi connectivity index (χ2n) is 3.03. The monoisotopic (exact) mass is 337 g/mol. The van der Waals surface area contributed by atoms with Crippen molar-refractivity contribution in [1.29, 1.82) is 0 Å². The van der Waals surface area contributed by atoms with Crippen LogP contribution in [0.5, 0.6) is 5.75 Å². The van der Waals surface area contributed by atoms with Gasteiger partial charge in [-0.15, -0.1) is 17.7 Å². The Morgan fingerprint density at radius 1 is 1.25 bits per heavy atom. The summed E-state index contributed by atoms with van der Waals surface area (Å²) in [7, 11) is -6.28. The first-order chi connectivity index (χ1) is 9.17. The summed E-state index contributed by atoms with van der Waals surface area (Å²) in [6, 6.07) is 2.03. The zero-order valence-electron chi connectivity index (χ0n) is 9.31. The number of hydrogen-bond acceptors (Lipinski definition) is 6. The Bertz CT molecular complexity index is 587. The van der Waals surface area contributed by atoms with Crippen molar-refractivity contribution in [3.8, 4) is 5.75 Å². The van der Waals surface area contributed by atoms with Crippen LogP contribution in [0.4, 0.5) is 17.6 Å². The highest BCUT2D eigenvalue weighted by atomic mass is 32.2. The summed E-state index contributed by atoms with van der Waals surface area (Å²) < 4.78 is 94.3. The molecule has 1 atom stereocenters. The van der Waals surface area contributed by atoms with Crippen LogP contribution in [0.25, 0.3) is 0 Å². The van der Waals surface area contributed by atoms with Gasteiger partial charge in [0.1, 0.15) is 5.82 Å². The van der Waals surface area contributed by atoms with Crippen molar-refractivity contribution < 1.29 is 44.0 Å². The molecule has 0 aliphatic heterocycles. The Kier molecular flexibility index (Phi) is 5.40. The lowest BCUT2D eigenvalue weighted by atomic mass is 10.3. The van der Waals surface area contributed by atoms with Crippen molar-refractivity contribution in [2.24, 2.45) is 0 Å². The molecule has 20 heavy (non-hydrogen) atoms. The van der Waals surface area contributed by atoms with Crippen LogP contribution in [0.15, 0.2) is 23.1 Å². The molecule has 112 valence electrons. The molecule has 1 rings (SSSR count). The predicted molar refractivity (Wildman–Crippen MR) is 56.3 cm³/mol. The molecule has 0 bridgehead atoms. The van der Waals surface area contributed by atoms with Crippen LogP contribution in [0.1, 0.15) is 0 Å². The quantitative estimate of drug-likeness (QED) is 0.261. The minimum atomic E-state index is -5.22. The molecule has 0 amide bonds. The maximum absolute atomic E-state index is 13.4. The minimum absolute atomic E-state index is 0.600. The summed E-state index contributed by atoms with van der Waals surface area (Å²) >= 11 is 0. The third-order valence-electron chi connectivity index (χ3n) is 1.73. The SMILES string of the molecule is O=[PH+]OCOS(=O)(=O)c1c(F)cccc1OC(F)(F)F. The number of rotatable bonds is 6. The molecule has 0 saturated carbocycles. The molecule has 0 N–H and O–H groups in total. The average molecular weight is 337 g/mol. The lowest BCUT2D eigenvalue weighted by Gasteiger charge is -2.13. The van der Waals surface area contributed by atoms with Crippen molar-refractivity contribution in [3.63, 3.8) is 0 Å². The number of benzene rings is 1. The van der Waals surface area contributed by atoms with E-state index in [1.54, 1.807) is 0 Å². The lowest BCUT2D eigenvalue weighted by Crippen LogP contribution is -2.20. The van der Waals surface area contributed by atoms with Gasteiger partial charge in [-0.05, 0) is 16.7 Å². The average Bonchev–Trinajstić information content (AvgIpc) is 2.26. The molecule has 0 saturated heterocycles. The van der Waals surface area contributed by atoms with E-state index in [1.165, 1.54) is 0 Å². The van der Waals surface area contributed by atoms with E-state index in [2.05, 4.69) is 13.4 Å². The molecule has 0 aromatic heterocycles.